The lowest BCUT2D eigenvalue weighted by atomic mass is 9.86. The molecule has 1 saturated heterocycles. The van der Waals surface area contributed by atoms with Gasteiger partial charge in [0.2, 0.25) is 0 Å². The quantitative estimate of drug-likeness (QED) is 0.667. The number of nitrogens with one attached hydrogen (secondary N) is 1. The van der Waals surface area contributed by atoms with Crippen LogP contribution in [0.5, 0.6) is 0 Å². The van der Waals surface area contributed by atoms with Gasteiger partial charge in [-0.15, -0.1) is 0 Å². The first-order chi connectivity index (χ1) is 7.58. The number of ether oxygens (including phenoxy) is 1. The van der Waals surface area contributed by atoms with Crippen LogP contribution in [0.15, 0.2) is 0 Å². The summed E-state index contributed by atoms with van der Waals surface area (Å²) in [7, 11) is 0. The first-order valence-corrected chi connectivity index (χ1v) is 6.50. The van der Waals surface area contributed by atoms with Crippen molar-refractivity contribution < 1.29 is 9.84 Å². The van der Waals surface area contributed by atoms with Gasteiger partial charge in [0.05, 0.1) is 25.2 Å². The van der Waals surface area contributed by atoms with Gasteiger partial charge in [0.1, 0.15) is 0 Å². The fraction of sp³-hybridized carbons (Fsp3) is 1.00. The molecule has 0 radical (unpaired) electrons. The Balaban J connectivity index is 2.07. The molecule has 0 spiro atoms. The Morgan fingerprint density at radius 3 is 2.38 bits per heavy atom. The molecular formula is C13H27NO2. The lowest BCUT2D eigenvalue weighted by Gasteiger charge is -2.40. The average Bonchev–Trinajstić information content (AvgIpc) is 2.16. The molecule has 0 aromatic carbocycles. The molecule has 0 aliphatic carbocycles. The topological polar surface area (TPSA) is 41.5 Å². The van der Waals surface area contributed by atoms with Crippen LogP contribution in [0, 0.1) is 11.3 Å². The molecule has 0 aromatic rings. The third-order valence-corrected chi connectivity index (χ3v) is 3.40. The minimum atomic E-state index is 0.00626. The van der Waals surface area contributed by atoms with E-state index < -0.39 is 0 Å². The fourth-order valence-corrected chi connectivity index (χ4v) is 1.97. The van der Waals surface area contributed by atoms with Crippen molar-refractivity contribution in [3.05, 3.63) is 0 Å². The highest BCUT2D eigenvalue weighted by molar-refractivity contribution is 4.87. The van der Waals surface area contributed by atoms with E-state index in [0.29, 0.717) is 19.3 Å². The smallest absolute Gasteiger partial charge is 0.0579 e. The highest BCUT2D eigenvalue weighted by Crippen LogP contribution is 2.25. The van der Waals surface area contributed by atoms with Crippen molar-refractivity contribution in [3.8, 4) is 0 Å². The molecule has 1 unspecified atom stereocenters. The standard InChI is InChI=1S/C13H27NO2/c1-11(2)5-4-6-12(3)14-7-13(8-15)9-16-10-13/h11-12,14-15H,4-10H2,1-3H3. The predicted octanol–water partition coefficient (Wildman–Crippen LogP) is 1.80. The van der Waals surface area contributed by atoms with Gasteiger partial charge < -0.3 is 15.2 Å². The summed E-state index contributed by atoms with van der Waals surface area (Å²) >= 11 is 0. The SMILES string of the molecule is CC(C)CCCC(C)NCC1(CO)COC1. The van der Waals surface area contributed by atoms with Gasteiger partial charge in [0.25, 0.3) is 0 Å². The summed E-state index contributed by atoms with van der Waals surface area (Å²) in [5.74, 6) is 0.802. The highest BCUT2D eigenvalue weighted by atomic mass is 16.5. The van der Waals surface area contributed by atoms with Crippen molar-refractivity contribution in [2.75, 3.05) is 26.4 Å². The van der Waals surface area contributed by atoms with Gasteiger partial charge in [0.15, 0.2) is 0 Å². The van der Waals surface area contributed by atoms with Gasteiger partial charge in [-0.2, -0.15) is 0 Å². The molecule has 2 N–H and O–H groups in total. The molecule has 1 heterocycles. The highest BCUT2D eigenvalue weighted by Gasteiger charge is 2.37. The molecule has 1 fully saturated rings. The van der Waals surface area contributed by atoms with E-state index in [1.165, 1.54) is 19.3 Å². The minimum Gasteiger partial charge on any atom is -0.396 e. The third-order valence-electron chi connectivity index (χ3n) is 3.40. The Kier molecular flexibility index (Phi) is 5.73. The zero-order valence-corrected chi connectivity index (χ0v) is 11.0. The second-order valence-corrected chi connectivity index (χ2v) is 5.76. The van der Waals surface area contributed by atoms with E-state index in [1.807, 2.05) is 0 Å². The molecule has 1 atom stereocenters. The number of aliphatic hydroxyl groups excluding tert-OH is 1. The molecule has 96 valence electrons. The van der Waals surface area contributed by atoms with E-state index in [9.17, 15) is 5.11 Å². The van der Waals surface area contributed by atoms with Gasteiger partial charge in [-0.25, -0.2) is 0 Å². The Hall–Kier alpha value is -0.120. The van der Waals surface area contributed by atoms with Crippen LogP contribution < -0.4 is 5.32 Å². The number of rotatable bonds is 8. The monoisotopic (exact) mass is 229 g/mol. The minimum absolute atomic E-state index is 0.00626. The molecule has 3 heteroatoms. The van der Waals surface area contributed by atoms with E-state index in [1.54, 1.807) is 0 Å². The second kappa shape index (κ2) is 6.58. The Labute approximate surface area is 99.6 Å². The first-order valence-electron chi connectivity index (χ1n) is 6.50. The average molecular weight is 229 g/mol. The van der Waals surface area contributed by atoms with Gasteiger partial charge in [-0.05, 0) is 19.3 Å². The summed E-state index contributed by atoms with van der Waals surface area (Å²) in [4.78, 5) is 0. The van der Waals surface area contributed by atoms with Crippen molar-refractivity contribution in [1.82, 2.24) is 5.32 Å². The second-order valence-electron chi connectivity index (χ2n) is 5.76. The zero-order chi connectivity index (χ0) is 12.0. The van der Waals surface area contributed by atoms with Crippen LogP contribution in [0.2, 0.25) is 0 Å². The lowest BCUT2D eigenvalue weighted by molar-refractivity contribution is -0.135. The first kappa shape index (κ1) is 13.9. The summed E-state index contributed by atoms with van der Waals surface area (Å²) in [6, 6.07) is 0.544. The van der Waals surface area contributed by atoms with Crippen LogP contribution in [0.25, 0.3) is 0 Å². The summed E-state index contributed by atoms with van der Waals surface area (Å²) in [5, 5.41) is 12.8. The largest absolute Gasteiger partial charge is 0.396 e. The van der Waals surface area contributed by atoms with E-state index >= 15 is 0 Å². The predicted molar refractivity (Wildman–Crippen MR) is 66.5 cm³/mol. The van der Waals surface area contributed by atoms with Crippen LogP contribution in [0.1, 0.15) is 40.0 Å². The molecule has 3 nitrogen and oxygen atoms in total. The van der Waals surface area contributed by atoms with Gasteiger partial charge in [-0.1, -0.05) is 26.7 Å². The van der Waals surface area contributed by atoms with Gasteiger partial charge in [0, 0.05) is 12.6 Å². The number of hydrogen-bond acceptors (Lipinski definition) is 3. The third kappa shape index (κ3) is 4.40. The van der Waals surface area contributed by atoms with Crippen molar-refractivity contribution >= 4 is 0 Å². The maximum absolute atomic E-state index is 9.28. The summed E-state index contributed by atoms with van der Waals surface area (Å²) in [6.45, 7) is 9.29. The van der Waals surface area contributed by atoms with Crippen LogP contribution in [0.4, 0.5) is 0 Å². The van der Waals surface area contributed by atoms with E-state index in [-0.39, 0.29) is 12.0 Å². The Morgan fingerprint density at radius 2 is 1.94 bits per heavy atom. The van der Waals surface area contributed by atoms with Crippen molar-refractivity contribution in [2.45, 2.75) is 46.1 Å². The van der Waals surface area contributed by atoms with Crippen LogP contribution in [-0.2, 0) is 4.74 Å². The molecule has 1 aliphatic rings. The summed E-state index contributed by atoms with van der Waals surface area (Å²) in [5.41, 5.74) is 0.00626. The summed E-state index contributed by atoms with van der Waals surface area (Å²) < 4.78 is 5.17. The van der Waals surface area contributed by atoms with Crippen LogP contribution in [-0.4, -0.2) is 37.5 Å². The zero-order valence-electron chi connectivity index (χ0n) is 11.0. The van der Waals surface area contributed by atoms with Crippen LogP contribution >= 0.6 is 0 Å². The van der Waals surface area contributed by atoms with E-state index in [2.05, 4.69) is 26.1 Å². The Bertz CT molecular complexity index is 185. The maximum Gasteiger partial charge on any atom is 0.0579 e. The number of aliphatic hydroxyl groups is 1. The maximum atomic E-state index is 9.28. The van der Waals surface area contributed by atoms with E-state index in [0.717, 1.165) is 12.5 Å². The van der Waals surface area contributed by atoms with Crippen molar-refractivity contribution in [1.29, 1.82) is 0 Å². The molecule has 0 saturated carbocycles. The molecule has 16 heavy (non-hydrogen) atoms. The Morgan fingerprint density at radius 1 is 1.25 bits per heavy atom. The summed E-state index contributed by atoms with van der Waals surface area (Å²) in [6.07, 6.45) is 3.81. The normalized spacial score (nSPS) is 20.8. The molecule has 0 amide bonds. The van der Waals surface area contributed by atoms with Gasteiger partial charge in [-0.3, -0.25) is 0 Å². The molecular weight excluding hydrogens is 202 g/mol. The molecule has 1 rings (SSSR count). The molecule has 0 bridgehead atoms. The van der Waals surface area contributed by atoms with Crippen molar-refractivity contribution in [3.63, 3.8) is 0 Å². The van der Waals surface area contributed by atoms with Gasteiger partial charge >= 0.3 is 0 Å². The van der Waals surface area contributed by atoms with E-state index in [4.69, 9.17) is 4.74 Å². The van der Waals surface area contributed by atoms with Crippen LogP contribution in [0.3, 0.4) is 0 Å². The molecule has 1 aliphatic heterocycles. The molecule has 0 aromatic heterocycles. The number of hydrogen-bond donors (Lipinski definition) is 2. The van der Waals surface area contributed by atoms with Crippen molar-refractivity contribution in [2.24, 2.45) is 11.3 Å². The lowest BCUT2D eigenvalue weighted by Crippen LogP contribution is -2.53. The fourth-order valence-electron chi connectivity index (χ4n) is 1.97.